The van der Waals surface area contributed by atoms with Gasteiger partial charge in [-0.15, -0.1) is 0 Å². The lowest BCUT2D eigenvalue weighted by molar-refractivity contribution is 0.445. The van der Waals surface area contributed by atoms with E-state index in [0.717, 1.165) is 27.4 Å². The van der Waals surface area contributed by atoms with Gasteiger partial charge in [0.1, 0.15) is 5.52 Å². The highest BCUT2D eigenvalue weighted by Crippen LogP contribution is 2.28. The number of benzene rings is 1. The third-order valence-electron chi connectivity index (χ3n) is 2.78. The van der Waals surface area contributed by atoms with E-state index in [1.54, 1.807) is 6.20 Å². The zero-order chi connectivity index (χ0) is 11.3. The van der Waals surface area contributed by atoms with Crippen LogP contribution in [0.4, 0.5) is 5.88 Å². The molecule has 0 saturated heterocycles. The van der Waals surface area contributed by atoms with E-state index in [0.29, 0.717) is 5.88 Å². The molecule has 0 spiro atoms. The number of nitrogens with two attached hydrogens (primary N) is 1. The van der Waals surface area contributed by atoms with Gasteiger partial charge in [0.05, 0.1) is 10.9 Å². The average Bonchev–Trinajstić information content (AvgIpc) is 2.60. The Morgan fingerprint density at radius 1 is 1.12 bits per heavy atom. The number of hydrogen-bond donors (Lipinski definition) is 1. The molecule has 2 N–H and O–H groups in total. The molecule has 0 radical (unpaired) electrons. The highest BCUT2D eigenvalue weighted by Gasteiger charge is 2.11. The smallest absolute Gasteiger partial charge is 0.231 e. The van der Waals surface area contributed by atoms with E-state index < -0.39 is 0 Å². The molecule has 0 fully saturated rings. The summed E-state index contributed by atoms with van der Waals surface area (Å²) < 4.78 is 4.99. The molecule has 3 rings (SSSR count). The van der Waals surface area contributed by atoms with Crippen LogP contribution in [0.1, 0.15) is 11.1 Å². The fourth-order valence-corrected chi connectivity index (χ4v) is 2.07. The van der Waals surface area contributed by atoms with E-state index in [1.807, 2.05) is 6.92 Å². The van der Waals surface area contributed by atoms with Crippen molar-refractivity contribution in [1.29, 1.82) is 0 Å². The molecule has 0 saturated carbocycles. The van der Waals surface area contributed by atoms with Crippen molar-refractivity contribution >= 4 is 27.7 Å². The first-order valence-electron chi connectivity index (χ1n) is 5.07. The predicted molar refractivity (Wildman–Crippen MR) is 63.2 cm³/mol. The predicted octanol–water partition coefficient (Wildman–Crippen LogP) is 2.58. The van der Waals surface area contributed by atoms with Crippen LogP contribution in [0.15, 0.2) is 22.9 Å². The lowest BCUT2D eigenvalue weighted by Crippen LogP contribution is -1.87. The Labute approximate surface area is 92.0 Å². The minimum absolute atomic E-state index is 0.323. The number of nitrogen functional groups attached to an aromatic ring is 1. The van der Waals surface area contributed by atoms with Gasteiger partial charge in [-0.3, -0.25) is 4.98 Å². The second-order valence-corrected chi connectivity index (χ2v) is 4.05. The van der Waals surface area contributed by atoms with Crippen LogP contribution in [0.25, 0.3) is 21.8 Å². The lowest BCUT2D eigenvalue weighted by Gasteiger charge is -2.03. The monoisotopic (exact) mass is 213 g/mol. The largest absolute Gasteiger partial charge is 0.367 e. The molecule has 4 heteroatoms. The highest BCUT2D eigenvalue weighted by molar-refractivity contribution is 6.06. The molecule has 0 aliphatic rings. The van der Waals surface area contributed by atoms with E-state index in [9.17, 15) is 0 Å². The summed E-state index contributed by atoms with van der Waals surface area (Å²) in [5.74, 6) is 0.323. The van der Waals surface area contributed by atoms with Crippen molar-refractivity contribution in [3.05, 3.63) is 29.5 Å². The van der Waals surface area contributed by atoms with Crippen LogP contribution in [0.2, 0.25) is 0 Å². The maximum absolute atomic E-state index is 5.67. The topological polar surface area (TPSA) is 64.9 Å². The summed E-state index contributed by atoms with van der Waals surface area (Å²) >= 11 is 0. The number of fused-ring (bicyclic) bond motifs is 3. The van der Waals surface area contributed by atoms with Gasteiger partial charge in [0.2, 0.25) is 5.88 Å². The van der Waals surface area contributed by atoms with Crippen molar-refractivity contribution in [3.63, 3.8) is 0 Å². The normalized spacial score (nSPS) is 11.4. The molecule has 1 aromatic carbocycles. The van der Waals surface area contributed by atoms with Crippen LogP contribution in [0.5, 0.6) is 0 Å². The second-order valence-electron chi connectivity index (χ2n) is 4.05. The van der Waals surface area contributed by atoms with Crippen molar-refractivity contribution < 1.29 is 4.52 Å². The Kier molecular flexibility index (Phi) is 1.68. The average molecular weight is 213 g/mol. The first-order valence-corrected chi connectivity index (χ1v) is 5.07. The third-order valence-corrected chi connectivity index (χ3v) is 2.78. The summed E-state index contributed by atoms with van der Waals surface area (Å²) in [7, 11) is 0. The molecule has 0 unspecified atom stereocenters. The Bertz CT molecular complexity index is 700. The maximum atomic E-state index is 5.67. The lowest BCUT2D eigenvalue weighted by atomic mass is 10.1. The number of rotatable bonds is 0. The summed E-state index contributed by atoms with van der Waals surface area (Å²) in [5, 5.41) is 5.76. The SMILES string of the molecule is Cc1cc(C)c2ncc3c(N)onc3c2c1. The molecule has 80 valence electrons. The number of anilines is 1. The molecule has 0 bridgehead atoms. The first-order chi connectivity index (χ1) is 7.66. The molecule has 0 atom stereocenters. The molecule has 0 aliphatic carbocycles. The number of aryl methyl sites for hydroxylation is 2. The van der Waals surface area contributed by atoms with Gasteiger partial charge < -0.3 is 10.3 Å². The quantitative estimate of drug-likeness (QED) is 0.623. The first kappa shape index (κ1) is 9.15. The summed E-state index contributed by atoms with van der Waals surface area (Å²) in [5.41, 5.74) is 9.73. The van der Waals surface area contributed by atoms with E-state index >= 15 is 0 Å². The van der Waals surface area contributed by atoms with Crippen molar-refractivity contribution in [2.24, 2.45) is 0 Å². The van der Waals surface area contributed by atoms with Crippen LogP contribution < -0.4 is 5.73 Å². The van der Waals surface area contributed by atoms with Gasteiger partial charge in [0.15, 0.2) is 0 Å². The minimum Gasteiger partial charge on any atom is -0.367 e. The minimum atomic E-state index is 0.323. The molecule has 3 aromatic rings. The number of nitrogens with zero attached hydrogens (tertiary/aromatic N) is 2. The Hall–Kier alpha value is -2.10. The Balaban J connectivity index is 2.59. The van der Waals surface area contributed by atoms with Gasteiger partial charge >= 0.3 is 0 Å². The van der Waals surface area contributed by atoms with Gasteiger partial charge in [0, 0.05) is 11.6 Å². The molecule has 2 heterocycles. The van der Waals surface area contributed by atoms with Gasteiger partial charge in [-0.2, -0.15) is 0 Å². The van der Waals surface area contributed by atoms with Crippen LogP contribution in [0, 0.1) is 13.8 Å². The van der Waals surface area contributed by atoms with Crippen molar-refractivity contribution in [3.8, 4) is 0 Å². The zero-order valence-electron chi connectivity index (χ0n) is 9.11. The van der Waals surface area contributed by atoms with Crippen molar-refractivity contribution in [1.82, 2.24) is 10.1 Å². The maximum Gasteiger partial charge on any atom is 0.231 e. The van der Waals surface area contributed by atoms with E-state index in [4.69, 9.17) is 10.3 Å². The Morgan fingerprint density at radius 3 is 2.75 bits per heavy atom. The Morgan fingerprint density at radius 2 is 1.94 bits per heavy atom. The van der Waals surface area contributed by atoms with E-state index in [1.165, 1.54) is 5.56 Å². The van der Waals surface area contributed by atoms with Gasteiger partial charge in [-0.05, 0) is 25.5 Å². The molecular weight excluding hydrogens is 202 g/mol. The van der Waals surface area contributed by atoms with Crippen molar-refractivity contribution in [2.75, 3.05) is 5.73 Å². The molecule has 16 heavy (non-hydrogen) atoms. The third kappa shape index (κ3) is 1.10. The summed E-state index contributed by atoms with van der Waals surface area (Å²) in [6, 6.07) is 4.16. The number of pyridine rings is 1. The zero-order valence-corrected chi connectivity index (χ0v) is 9.11. The van der Waals surface area contributed by atoms with Crippen LogP contribution in [-0.2, 0) is 0 Å². The van der Waals surface area contributed by atoms with Gasteiger partial charge in [-0.1, -0.05) is 16.8 Å². The summed E-state index contributed by atoms with van der Waals surface area (Å²) in [6.07, 6.45) is 1.71. The standard InChI is InChI=1S/C12H11N3O/c1-6-3-7(2)10-8(4-6)11-9(5-14-10)12(13)16-15-11/h3-5H,13H2,1-2H3. The summed E-state index contributed by atoms with van der Waals surface area (Å²) in [6.45, 7) is 4.09. The van der Waals surface area contributed by atoms with Gasteiger partial charge in [-0.25, -0.2) is 0 Å². The molecular formula is C12H11N3O. The van der Waals surface area contributed by atoms with Crippen LogP contribution >= 0.6 is 0 Å². The van der Waals surface area contributed by atoms with Crippen LogP contribution in [-0.4, -0.2) is 10.1 Å². The molecule has 0 amide bonds. The van der Waals surface area contributed by atoms with Crippen LogP contribution in [0.3, 0.4) is 0 Å². The second kappa shape index (κ2) is 2.95. The van der Waals surface area contributed by atoms with Crippen molar-refractivity contribution in [2.45, 2.75) is 13.8 Å². The molecule has 0 aliphatic heterocycles. The number of aromatic nitrogens is 2. The molecule has 2 aromatic heterocycles. The fourth-order valence-electron chi connectivity index (χ4n) is 2.07. The van der Waals surface area contributed by atoms with Gasteiger partial charge in [0.25, 0.3) is 0 Å². The summed E-state index contributed by atoms with van der Waals surface area (Å²) in [4.78, 5) is 4.40. The number of hydrogen-bond acceptors (Lipinski definition) is 4. The highest BCUT2D eigenvalue weighted by atomic mass is 16.5. The fraction of sp³-hybridized carbons (Fsp3) is 0.167. The van der Waals surface area contributed by atoms with E-state index in [2.05, 4.69) is 29.2 Å². The van der Waals surface area contributed by atoms with E-state index in [-0.39, 0.29) is 0 Å². The molecule has 4 nitrogen and oxygen atoms in total.